The van der Waals surface area contributed by atoms with Gasteiger partial charge in [0.05, 0.1) is 0 Å². The average Bonchev–Trinajstić information content (AvgIpc) is 3.22. The number of esters is 1. The molecule has 1 aliphatic rings. The fraction of sp³-hybridized carbons (Fsp3) is 0.250. The van der Waals surface area contributed by atoms with Gasteiger partial charge in [-0.25, -0.2) is 4.79 Å². The monoisotopic (exact) mass is 316 g/mol. The van der Waals surface area contributed by atoms with Gasteiger partial charge in [0.2, 0.25) is 6.79 Å². The number of H-pyrrole nitrogens is 1. The molecule has 7 nitrogen and oxygen atoms in total. The molecule has 3 rings (SSSR count). The zero-order valence-corrected chi connectivity index (χ0v) is 12.5. The number of benzene rings is 1. The molecular weight excluding hydrogens is 300 g/mol. The van der Waals surface area contributed by atoms with Crippen LogP contribution in [0.15, 0.2) is 36.5 Å². The summed E-state index contributed by atoms with van der Waals surface area (Å²) in [5.74, 6) is 0.402. The molecule has 7 heteroatoms. The van der Waals surface area contributed by atoms with E-state index in [2.05, 4.69) is 10.3 Å². The third-order valence-electron chi connectivity index (χ3n) is 3.37. The van der Waals surface area contributed by atoms with E-state index in [1.807, 2.05) is 6.07 Å². The fourth-order valence-corrected chi connectivity index (χ4v) is 2.12. The zero-order chi connectivity index (χ0) is 16.2. The molecule has 2 N–H and O–H groups in total. The minimum Gasteiger partial charge on any atom is -0.454 e. The Morgan fingerprint density at radius 1 is 1.30 bits per heavy atom. The minimum absolute atomic E-state index is 0.205. The first-order valence-corrected chi connectivity index (χ1v) is 7.14. The van der Waals surface area contributed by atoms with Crippen molar-refractivity contribution in [2.45, 2.75) is 19.6 Å². The Hall–Kier alpha value is -2.96. The van der Waals surface area contributed by atoms with Crippen molar-refractivity contribution in [3.8, 4) is 11.5 Å². The molecule has 2 heterocycles. The lowest BCUT2D eigenvalue weighted by atomic mass is 10.2. The van der Waals surface area contributed by atoms with Crippen molar-refractivity contribution in [2.75, 3.05) is 6.79 Å². The predicted molar refractivity (Wildman–Crippen MR) is 80.1 cm³/mol. The van der Waals surface area contributed by atoms with Crippen LogP contribution in [0, 0.1) is 0 Å². The summed E-state index contributed by atoms with van der Waals surface area (Å²) in [6.07, 6.45) is 0.723. The van der Waals surface area contributed by atoms with Crippen molar-refractivity contribution < 1.29 is 23.8 Å². The summed E-state index contributed by atoms with van der Waals surface area (Å²) in [5.41, 5.74) is 1.17. The highest BCUT2D eigenvalue weighted by atomic mass is 16.7. The second-order valence-corrected chi connectivity index (χ2v) is 5.04. The smallest absolute Gasteiger partial charge is 0.355 e. The van der Waals surface area contributed by atoms with E-state index in [1.54, 1.807) is 30.5 Å². The van der Waals surface area contributed by atoms with Crippen molar-refractivity contribution in [3.05, 3.63) is 47.8 Å². The van der Waals surface area contributed by atoms with Crippen molar-refractivity contribution in [1.82, 2.24) is 10.3 Å². The van der Waals surface area contributed by atoms with Gasteiger partial charge >= 0.3 is 5.97 Å². The van der Waals surface area contributed by atoms with Crippen molar-refractivity contribution >= 4 is 11.9 Å². The van der Waals surface area contributed by atoms with Gasteiger partial charge in [0.1, 0.15) is 5.69 Å². The lowest BCUT2D eigenvalue weighted by Gasteiger charge is -2.13. The van der Waals surface area contributed by atoms with Gasteiger partial charge < -0.3 is 24.5 Å². The number of hydrogen-bond donors (Lipinski definition) is 2. The van der Waals surface area contributed by atoms with Crippen molar-refractivity contribution in [1.29, 1.82) is 0 Å². The maximum absolute atomic E-state index is 12.0. The van der Waals surface area contributed by atoms with Crippen LogP contribution >= 0.6 is 0 Å². The SMILES string of the molecule is C[C@H](OC(=O)c1ccc[nH]1)C(=O)NCc1ccc2c(c1)OCO2. The van der Waals surface area contributed by atoms with E-state index in [1.165, 1.54) is 6.92 Å². The van der Waals surface area contributed by atoms with Crippen LogP contribution in [0.5, 0.6) is 11.5 Å². The third kappa shape index (κ3) is 3.45. The van der Waals surface area contributed by atoms with Crippen LogP contribution in [-0.2, 0) is 16.1 Å². The Labute approximate surface area is 132 Å². The maximum atomic E-state index is 12.0. The van der Waals surface area contributed by atoms with Crippen molar-refractivity contribution in [2.24, 2.45) is 0 Å². The molecule has 0 fully saturated rings. The van der Waals surface area contributed by atoms with Gasteiger partial charge in [0.15, 0.2) is 17.6 Å². The number of carbonyl (C=O) groups is 2. The van der Waals surface area contributed by atoms with E-state index < -0.39 is 12.1 Å². The highest BCUT2D eigenvalue weighted by Gasteiger charge is 2.19. The van der Waals surface area contributed by atoms with Gasteiger partial charge in [-0.15, -0.1) is 0 Å². The molecule has 0 radical (unpaired) electrons. The summed E-state index contributed by atoms with van der Waals surface area (Å²) in [6.45, 7) is 2.03. The molecule has 1 aromatic carbocycles. The first-order valence-electron chi connectivity index (χ1n) is 7.14. The molecule has 1 atom stereocenters. The van der Waals surface area contributed by atoms with Crippen LogP contribution < -0.4 is 14.8 Å². The number of carbonyl (C=O) groups excluding carboxylic acids is 2. The van der Waals surface area contributed by atoms with E-state index in [4.69, 9.17) is 14.2 Å². The number of aromatic nitrogens is 1. The van der Waals surface area contributed by atoms with Crippen LogP contribution in [0.2, 0.25) is 0 Å². The molecule has 0 spiro atoms. The summed E-state index contributed by atoms with van der Waals surface area (Å²) in [5, 5.41) is 2.72. The van der Waals surface area contributed by atoms with Crippen LogP contribution in [0.25, 0.3) is 0 Å². The molecule has 0 saturated heterocycles. The second kappa shape index (κ2) is 6.43. The highest BCUT2D eigenvalue weighted by molar-refractivity contribution is 5.90. The lowest BCUT2D eigenvalue weighted by molar-refractivity contribution is -0.129. The predicted octanol–water partition coefficient (Wildman–Crippen LogP) is 1.61. The largest absolute Gasteiger partial charge is 0.454 e. The quantitative estimate of drug-likeness (QED) is 0.818. The number of fused-ring (bicyclic) bond motifs is 1. The van der Waals surface area contributed by atoms with Crippen LogP contribution in [-0.4, -0.2) is 29.8 Å². The second-order valence-electron chi connectivity index (χ2n) is 5.04. The van der Waals surface area contributed by atoms with Gasteiger partial charge in [-0.05, 0) is 36.8 Å². The number of amides is 1. The molecule has 0 bridgehead atoms. The first kappa shape index (κ1) is 15.0. The summed E-state index contributed by atoms with van der Waals surface area (Å²) < 4.78 is 15.6. The maximum Gasteiger partial charge on any atom is 0.355 e. The number of hydrogen-bond acceptors (Lipinski definition) is 5. The van der Waals surface area contributed by atoms with Gasteiger partial charge in [0, 0.05) is 12.7 Å². The fourth-order valence-electron chi connectivity index (χ4n) is 2.12. The van der Waals surface area contributed by atoms with E-state index in [-0.39, 0.29) is 12.7 Å². The molecule has 0 aliphatic carbocycles. The first-order chi connectivity index (χ1) is 11.1. The Balaban J connectivity index is 1.51. The molecule has 2 aromatic rings. The Morgan fingerprint density at radius 3 is 2.91 bits per heavy atom. The Kier molecular flexibility index (Phi) is 4.18. The van der Waals surface area contributed by atoms with E-state index in [9.17, 15) is 9.59 Å². The molecule has 0 unspecified atom stereocenters. The molecular formula is C16H16N2O5. The number of nitrogens with one attached hydrogen (secondary N) is 2. The summed E-state index contributed by atoms with van der Waals surface area (Å²) in [6, 6.07) is 8.70. The van der Waals surface area contributed by atoms with Gasteiger partial charge in [-0.3, -0.25) is 4.79 Å². The Bertz CT molecular complexity index is 711. The number of ether oxygens (including phenoxy) is 3. The van der Waals surface area contributed by atoms with Gasteiger partial charge in [-0.2, -0.15) is 0 Å². The summed E-state index contributed by atoms with van der Waals surface area (Å²) in [7, 11) is 0. The van der Waals surface area contributed by atoms with E-state index in [0.717, 1.165) is 5.56 Å². The molecule has 23 heavy (non-hydrogen) atoms. The molecule has 1 aliphatic heterocycles. The van der Waals surface area contributed by atoms with E-state index in [0.29, 0.717) is 23.7 Å². The topological polar surface area (TPSA) is 89.7 Å². The van der Waals surface area contributed by atoms with Crippen LogP contribution in [0.3, 0.4) is 0 Å². The molecule has 1 aromatic heterocycles. The van der Waals surface area contributed by atoms with Crippen molar-refractivity contribution in [3.63, 3.8) is 0 Å². The van der Waals surface area contributed by atoms with Gasteiger partial charge in [-0.1, -0.05) is 6.07 Å². The van der Waals surface area contributed by atoms with Gasteiger partial charge in [0.25, 0.3) is 5.91 Å². The average molecular weight is 316 g/mol. The lowest BCUT2D eigenvalue weighted by Crippen LogP contribution is -2.35. The van der Waals surface area contributed by atoms with E-state index >= 15 is 0 Å². The number of rotatable bonds is 5. The normalized spacial score (nSPS) is 13.4. The molecule has 1 amide bonds. The van der Waals surface area contributed by atoms with Crippen LogP contribution in [0.1, 0.15) is 23.0 Å². The number of aromatic amines is 1. The molecule has 0 saturated carbocycles. The Morgan fingerprint density at radius 2 is 2.13 bits per heavy atom. The summed E-state index contributed by atoms with van der Waals surface area (Å²) >= 11 is 0. The minimum atomic E-state index is -0.889. The van der Waals surface area contributed by atoms with Crippen LogP contribution in [0.4, 0.5) is 0 Å². The highest BCUT2D eigenvalue weighted by Crippen LogP contribution is 2.32. The third-order valence-corrected chi connectivity index (χ3v) is 3.37. The standard InChI is InChI=1S/C16H16N2O5/c1-10(23-16(20)12-3-2-6-17-12)15(19)18-8-11-4-5-13-14(7-11)22-9-21-13/h2-7,10,17H,8-9H2,1H3,(H,18,19)/t10-/m0/s1. The zero-order valence-electron chi connectivity index (χ0n) is 12.5. The summed E-state index contributed by atoms with van der Waals surface area (Å²) in [4.78, 5) is 26.5. The molecule has 120 valence electrons.